The second kappa shape index (κ2) is 12.1. The summed E-state index contributed by atoms with van der Waals surface area (Å²) < 4.78 is 10.5. The molecule has 0 bridgehead atoms. The molecular weight excluding hydrogens is 471 g/mol. The van der Waals surface area contributed by atoms with Crippen molar-refractivity contribution in [2.45, 2.75) is 19.9 Å². The van der Waals surface area contributed by atoms with Gasteiger partial charge in [0.05, 0.1) is 23.9 Å². The summed E-state index contributed by atoms with van der Waals surface area (Å²) in [7, 11) is 1.44. The largest absolute Gasteiger partial charge is 0.493 e. The predicted molar refractivity (Wildman–Crippen MR) is 126 cm³/mol. The number of ether oxygens (including phenoxy) is 2. The maximum Gasteiger partial charge on any atom is 0.262 e. The molecule has 3 amide bonds. The molecule has 0 aliphatic heterocycles. The Balaban J connectivity index is 2.05. The van der Waals surface area contributed by atoms with Crippen LogP contribution in [0.25, 0.3) is 0 Å². The van der Waals surface area contributed by atoms with Crippen molar-refractivity contribution < 1.29 is 23.9 Å². The SMILES string of the molecule is COc1cc(/C=N/NC(=O)C(NC(=O)c2ccc(Cl)cc2Cl)C(C)C)ccc1OCC(N)=O. The highest BCUT2D eigenvalue weighted by Gasteiger charge is 2.25. The standard InChI is InChI=1S/C22H24Cl2N4O5/c1-12(2)20(27-21(30)15-6-5-14(23)9-16(15)24)22(31)28-26-10-13-4-7-17(18(8-13)32-3)33-11-19(25)29/h4-10,12,20H,11H2,1-3H3,(H2,25,29)(H,27,30)(H,28,31)/b26-10+. The summed E-state index contributed by atoms with van der Waals surface area (Å²) in [6, 6.07) is 8.45. The molecule has 0 fully saturated rings. The van der Waals surface area contributed by atoms with Crippen LogP contribution in [-0.2, 0) is 9.59 Å². The Morgan fingerprint density at radius 2 is 1.85 bits per heavy atom. The Hall–Kier alpha value is -3.30. The number of methoxy groups -OCH3 is 1. The molecule has 2 rings (SSSR count). The lowest BCUT2D eigenvalue weighted by Crippen LogP contribution is -2.48. The van der Waals surface area contributed by atoms with Crippen LogP contribution in [0.3, 0.4) is 0 Å². The molecule has 0 aliphatic carbocycles. The van der Waals surface area contributed by atoms with E-state index < -0.39 is 23.8 Å². The van der Waals surface area contributed by atoms with E-state index in [9.17, 15) is 14.4 Å². The molecule has 33 heavy (non-hydrogen) atoms. The van der Waals surface area contributed by atoms with E-state index in [-0.39, 0.29) is 23.1 Å². The van der Waals surface area contributed by atoms with E-state index in [4.69, 9.17) is 38.4 Å². The number of hydrogen-bond acceptors (Lipinski definition) is 6. The Morgan fingerprint density at radius 3 is 2.45 bits per heavy atom. The minimum absolute atomic E-state index is 0.179. The molecule has 2 aromatic carbocycles. The number of carbonyl (C=O) groups is 3. The van der Waals surface area contributed by atoms with E-state index in [1.165, 1.54) is 31.5 Å². The number of hydrogen-bond donors (Lipinski definition) is 3. The summed E-state index contributed by atoms with van der Waals surface area (Å²) in [5, 5.41) is 7.18. The van der Waals surface area contributed by atoms with Crippen molar-refractivity contribution in [3.63, 3.8) is 0 Å². The minimum atomic E-state index is -0.861. The lowest BCUT2D eigenvalue weighted by atomic mass is 10.0. The molecule has 0 saturated carbocycles. The summed E-state index contributed by atoms with van der Waals surface area (Å²) in [5.41, 5.74) is 8.28. The average Bonchev–Trinajstić information content (AvgIpc) is 2.75. The number of rotatable bonds is 10. The summed E-state index contributed by atoms with van der Waals surface area (Å²) >= 11 is 11.9. The number of nitrogens with zero attached hydrogens (tertiary/aromatic N) is 1. The molecule has 1 unspecified atom stereocenters. The second-order valence-electron chi connectivity index (χ2n) is 7.22. The van der Waals surface area contributed by atoms with Gasteiger partial charge in [-0.05, 0) is 47.9 Å². The fourth-order valence-corrected chi connectivity index (χ4v) is 3.19. The van der Waals surface area contributed by atoms with Crippen molar-refractivity contribution in [1.29, 1.82) is 0 Å². The van der Waals surface area contributed by atoms with Crippen LogP contribution in [0.15, 0.2) is 41.5 Å². The van der Waals surface area contributed by atoms with Crippen LogP contribution in [0, 0.1) is 5.92 Å². The fraction of sp³-hybridized carbons (Fsp3) is 0.273. The van der Waals surface area contributed by atoms with Gasteiger partial charge in [-0.25, -0.2) is 5.43 Å². The molecule has 0 aromatic heterocycles. The predicted octanol–water partition coefficient (Wildman–Crippen LogP) is 2.77. The molecule has 4 N–H and O–H groups in total. The summed E-state index contributed by atoms with van der Waals surface area (Å²) in [6.07, 6.45) is 1.40. The third kappa shape index (κ3) is 7.65. The van der Waals surface area contributed by atoms with Crippen molar-refractivity contribution >= 4 is 47.1 Å². The highest BCUT2D eigenvalue weighted by atomic mass is 35.5. The highest BCUT2D eigenvalue weighted by Crippen LogP contribution is 2.27. The number of carbonyl (C=O) groups excluding carboxylic acids is 3. The fourth-order valence-electron chi connectivity index (χ4n) is 2.70. The summed E-state index contributed by atoms with van der Waals surface area (Å²) in [5.74, 6) is -1.16. The Morgan fingerprint density at radius 1 is 1.12 bits per heavy atom. The molecular formula is C22H24Cl2N4O5. The zero-order chi connectivity index (χ0) is 24.5. The van der Waals surface area contributed by atoms with E-state index >= 15 is 0 Å². The number of hydrazone groups is 1. The lowest BCUT2D eigenvalue weighted by Gasteiger charge is -2.20. The summed E-state index contributed by atoms with van der Waals surface area (Å²) in [6.45, 7) is 3.28. The maximum atomic E-state index is 12.6. The Bertz CT molecular complexity index is 1060. The molecule has 176 valence electrons. The quantitative estimate of drug-likeness (QED) is 0.345. The third-order valence-corrected chi connectivity index (χ3v) is 4.91. The van der Waals surface area contributed by atoms with Crippen LogP contribution in [-0.4, -0.2) is 43.7 Å². The van der Waals surface area contributed by atoms with E-state index in [1.54, 1.807) is 32.0 Å². The molecule has 0 aliphatic rings. The van der Waals surface area contributed by atoms with Gasteiger partial charge in [0.1, 0.15) is 6.04 Å². The van der Waals surface area contributed by atoms with Crippen molar-refractivity contribution in [3.8, 4) is 11.5 Å². The van der Waals surface area contributed by atoms with Crippen molar-refractivity contribution in [2.24, 2.45) is 16.8 Å². The first-order valence-corrected chi connectivity index (χ1v) is 10.6. The number of benzene rings is 2. The van der Waals surface area contributed by atoms with Gasteiger partial charge < -0.3 is 20.5 Å². The van der Waals surface area contributed by atoms with Crippen LogP contribution in [0.5, 0.6) is 11.5 Å². The topological polar surface area (TPSA) is 132 Å². The summed E-state index contributed by atoms with van der Waals surface area (Å²) in [4.78, 5) is 36.1. The van der Waals surface area contributed by atoms with Gasteiger partial charge in [-0.1, -0.05) is 37.0 Å². The van der Waals surface area contributed by atoms with Crippen LogP contribution >= 0.6 is 23.2 Å². The smallest absolute Gasteiger partial charge is 0.262 e. The minimum Gasteiger partial charge on any atom is -0.493 e. The van der Waals surface area contributed by atoms with Crippen LogP contribution in [0.2, 0.25) is 10.0 Å². The second-order valence-corrected chi connectivity index (χ2v) is 8.06. The molecule has 2 aromatic rings. The number of nitrogens with two attached hydrogens (primary N) is 1. The number of halogens is 2. The van der Waals surface area contributed by atoms with Crippen molar-refractivity contribution in [3.05, 3.63) is 57.6 Å². The average molecular weight is 495 g/mol. The Labute approximate surface area is 201 Å². The van der Waals surface area contributed by atoms with Gasteiger partial charge in [0.25, 0.3) is 17.7 Å². The van der Waals surface area contributed by atoms with Crippen LogP contribution in [0.4, 0.5) is 0 Å². The van der Waals surface area contributed by atoms with Crippen LogP contribution < -0.4 is 25.9 Å². The van der Waals surface area contributed by atoms with Gasteiger partial charge in [-0.3, -0.25) is 14.4 Å². The molecule has 11 heteroatoms. The monoisotopic (exact) mass is 494 g/mol. The van der Waals surface area contributed by atoms with E-state index in [0.29, 0.717) is 22.1 Å². The molecule has 0 heterocycles. The normalized spacial score (nSPS) is 11.8. The molecule has 1 atom stereocenters. The van der Waals surface area contributed by atoms with Gasteiger partial charge >= 0.3 is 0 Å². The van der Waals surface area contributed by atoms with Gasteiger partial charge in [-0.15, -0.1) is 0 Å². The first kappa shape index (κ1) is 26.0. The zero-order valence-corrected chi connectivity index (χ0v) is 19.7. The first-order valence-electron chi connectivity index (χ1n) is 9.80. The van der Waals surface area contributed by atoms with Crippen molar-refractivity contribution in [1.82, 2.24) is 10.7 Å². The van der Waals surface area contributed by atoms with Gasteiger partial charge in [-0.2, -0.15) is 5.10 Å². The number of nitrogens with one attached hydrogen (secondary N) is 2. The first-order chi connectivity index (χ1) is 15.6. The molecule has 9 nitrogen and oxygen atoms in total. The molecule has 0 spiro atoms. The molecule has 0 radical (unpaired) electrons. The number of amides is 3. The van der Waals surface area contributed by atoms with E-state index in [1.807, 2.05) is 0 Å². The van der Waals surface area contributed by atoms with Crippen LogP contribution in [0.1, 0.15) is 29.8 Å². The van der Waals surface area contributed by atoms with E-state index in [0.717, 1.165) is 0 Å². The van der Waals surface area contributed by atoms with Gasteiger partial charge in [0, 0.05) is 5.02 Å². The zero-order valence-electron chi connectivity index (χ0n) is 18.2. The lowest BCUT2D eigenvalue weighted by molar-refractivity contribution is -0.124. The maximum absolute atomic E-state index is 12.6. The molecule has 0 saturated heterocycles. The van der Waals surface area contributed by atoms with E-state index in [2.05, 4.69) is 15.8 Å². The highest BCUT2D eigenvalue weighted by molar-refractivity contribution is 6.36. The number of primary amides is 1. The van der Waals surface area contributed by atoms with Gasteiger partial charge in [0.2, 0.25) is 0 Å². The van der Waals surface area contributed by atoms with Gasteiger partial charge in [0.15, 0.2) is 18.1 Å². The Kier molecular flexibility index (Phi) is 9.50. The van der Waals surface area contributed by atoms with Crippen molar-refractivity contribution in [2.75, 3.05) is 13.7 Å². The third-order valence-electron chi connectivity index (χ3n) is 4.36.